The summed E-state index contributed by atoms with van der Waals surface area (Å²) in [6.07, 6.45) is 7.12. The Morgan fingerprint density at radius 3 is 2.20 bits per heavy atom. The number of hydrogen-bond acceptors (Lipinski definition) is 17. The number of carbonyl (C=O) groups is 4. The SMILES string of the molecule is CC1CN(c2ccc3c(c2)CN(C2CCC(=O)NC2=O)C3=O)CC(C)N1CC1CCN(C[C@]2(C)CCC(c3ccc(Cl)cc3)=C(CN3CCN(c4ccc(C(=O)NS(=O)(=O)c5ccc(N[C@H](CCN6CCCOCC6)CSc6ccccc6)c(S(=O)(=O)C(F)(F)F)c5)cc4)CC3)C2)CC1. The maximum atomic E-state index is 14.4. The van der Waals surface area contributed by atoms with Gasteiger partial charge in [0, 0.05) is 154 Å². The summed E-state index contributed by atoms with van der Waals surface area (Å²) in [6.45, 7) is 20.3. The van der Waals surface area contributed by atoms with Crippen LogP contribution < -0.4 is 25.2 Å². The number of hydrogen-bond donors (Lipinski definition) is 3. The smallest absolute Gasteiger partial charge is 0.380 e. The summed E-state index contributed by atoms with van der Waals surface area (Å²) in [7, 11) is -11.0. The minimum absolute atomic E-state index is 0.0162. The first-order valence-electron chi connectivity index (χ1n) is 34.7. The molecule has 0 bridgehead atoms. The molecule has 5 aromatic rings. The van der Waals surface area contributed by atoms with Crippen LogP contribution in [0, 0.1) is 11.3 Å². The van der Waals surface area contributed by atoms with E-state index in [1.807, 2.05) is 59.3 Å². The summed E-state index contributed by atoms with van der Waals surface area (Å²) >= 11 is 7.87. The predicted octanol–water partition coefficient (Wildman–Crippen LogP) is 10.3. The van der Waals surface area contributed by atoms with Crippen LogP contribution >= 0.6 is 23.4 Å². The average molecular weight is 1440 g/mol. The van der Waals surface area contributed by atoms with E-state index >= 15 is 0 Å². The molecule has 5 aromatic carbocycles. The number of imide groups is 1. The molecule has 12 rings (SSSR count). The number of amides is 4. The molecule has 532 valence electrons. The molecule has 1 aliphatic carbocycles. The van der Waals surface area contributed by atoms with Gasteiger partial charge in [0.05, 0.1) is 17.2 Å². The van der Waals surface area contributed by atoms with Crippen molar-refractivity contribution in [2.45, 2.75) is 129 Å². The van der Waals surface area contributed by atoms with Gasteiger partial charge in [0.25, 0.3) is 31.7 Å². The highest BCUT2D eigenvalue weighted by atomic mass is 35.5. The number of halogens is 4. The number of anilines is 3. The van der Waals surface area contributed by atoms with Gasteiger partial charge in [0.1, 0.15) is 10.9 Å². The van der Waals surface area contributed by atoms with E-state index in [1.165, 1.54) is 40.6 Å². The van der Waals surface area contributed by atoms with Crippen LogP contribution in [0.25, 0.3) is 5.57 Å². The molecule has 5 atom stereocenters. The molecule has 6 heterocycles. The number of piperidine rings is 2. The Kier molecular flexibility index (Phi) is 22.6. The standard InChI is InChI=1S/C73H90ClF3N10O9S3/c1-50-43-85(60-18-20-64-55(40-60)47-87(71(64)91)66-22-23-68(88)79-70(66)90)44-51(2)86(50)45-52-25-30-83(31-26-52)49-72(3)28-24-63(53-10-14-57(74)15-11-53)56(42-72)46-82-33-35-84(36-34-82)59-16-12-54(13-17-59)69(89)80-99(94,95)62-19-21-65(67(41-62)98(92,93)73(75,76)77)78-58(48-97-61-8-5-4-6-9-61)27-32-81-29-7-38-96-39-37-81/h4-6,8-21,40-41,50-52,58,66,78H,7,22-39,42-49H2,1-3H3,(H,80,89)(H,79,88,90)/t50?,51?,58-,66?,72-/m1/s1. The van der Waals surface area contributed by atoms with Gasteiger partial charge in [-0.1, -0.05) is 54.4 Å². The van der Waals surface area contributed by atoms with Crippen LogP contribution in [-0.4, -0.2) is 205 Å². The number of fused-ring (bicyclic) bond motifs is 1. The normalized spacial score (nSPS) is 23.4. The van der Waals surface area contributed by atoms with Gasteiger partial charge >= 0.3 is 5.51 Å². The number of sulfonamides is 1. The molecule has 0 spiro atoms. The fourth-order valence-electron chi connectivity index (χ4n) is 15.6. The van der Waals surface area contributed by atoms with Crippen molar-refractivity contribution in [3.05, 3.63) is 148 Å². The fraction of sp³-hybridized carbons (Fsp3) is 0.507. The van der Waals surface area contributed by atoms with Crippen molar-refractivity contribution in [1.29, 1.82) is 0 Å². The maximum Gasteiger partial charge on any atom is 0.501 e. The van der Waals surface area contributed by atoms with E-state index in [-0.39, 0.29) is 29.2 Å². The highest BCUT2D eigenvalue weighted by Gasteiger charge is 2.49. The summed E-state index contributed by atoms with van der Waals surface area (Å²) in [5.41, 5.74) is 1.39. The summed E-state index contributed by atoms with van der Waals surface area (Å²) in [5, 5.41) is 6.12. The molecule has 5 saturated heterocycles. The third-order valence-corrected chi connectivity index (χ3v) is 25.3. The molecule has 0 saturated carbocycles. The number of rotatable bonds is 22. The van der Waals surface area contributed by atoms with E-state index in [9.17, 15) is 49.2 Å². The lowest BCUT2D eigenvalue weighted by atomic mass is 9.71. The summed E-state index contributed by atoms with van der Waals surface area (Å²) in [4.78, 5) is 66.7. The van der Waals surface area contributed by atoms with Crippen LogP contribution in [0.1, 0.15) is 110 Å². The summed E-state index contributed by atoms with van der Waals surface area (Å²) in [5.74, 6) is -0.939. The van der Waals surface area contributed by atoms with E-state index < -0.39 is 64.7 Å². The van der Waals surface area contributed by atoms with Crippen molar-refractivity contribution in [2.24, 2.45) is 11.3 Å². The third kappa shape index (κ3) is 17.3. The van der Waals surface area contributed by atoms with Crippen LogP contribution in [0.15, 0.2) is 136 Å². The van der Waals surface area contributed by atoms with Gasteiger partial charge in [-0.2, -0.15) is 13.2 Å². The number of allylic oxidation sites excluding steroid dienone is 1. The number of nitrogens with zero attached hydrogens (tertiary/aromatic N) is 7. The van der Waals surface area contributed by atoms with Crippen molar-refractivity contribution < 1.29 is 53.9 Å². The zero-order chi connectivity index (χ0) is 69.8. The molecule has 6 aliphatic heterocycles. The van der Waals surface area contributed by atoms with E-state index in [1.54, 1.807) is 17.0 Å². The predicted molar refractivity (Wildman–Crippen MR) is 380 cm³/mol. The second-order valence-electron chi connectivity index (χ2n) is 28.3. The number of ether oxygens (including phenoxy) is 1. The van der Waals surface area contributed by atoms with Gasteiger partial charge in [0.2, 0.25) is 11.8 Å². The molecule has 3 unspecified atom stereocenters. The van der Waals surface area contributed by atoms with E-state index in [4.69, 9.17) is 16.3 Å². The van der Waals surface area contributed by atoms with E-state index in [0.29, 0.717) is 99.2 Å². The Morgan fingerprint density at radius 2 is 1.49 bits per heavy atom. The molecule has 0 aromatic heterocycles. The number of likely N-dealkylation sites (tertiary alicyclic amines) is 1. The number of sulfone groups is 1. The van der Waals surface area contributed by atoms with Gasteiger partial charge in [-0.15, -0.1) is 11.8 Å². The first-order chi connectivity index (χ1) is 47.3. The minimum Gasteiger partial charge on any atom is -0.380 e. The second kappa shape index (κ2) is 31.0. The van der Waals surface area contributed by atoms with Crippen molar-refractivity contribution in [1.82, 2.24) is 34.5 Å². The number of carbonyl (C=O) groups excluding carboxylic acids is 4. The number of piperazine rings is 2. The molecule has 7 aliphatic rings. The Labute approximate surface area is 589 Å². The quantitative estimate of drug-likeness (QED) is 0.0435. The van der Waals surface area contributed by atoms with Crippen molar-refractivity contribution in [3.63, 3.8) is 0 Å². The zero-order valence-electron chi connectivity index (χ0n) is 56.5. The van der Waals surface area contributed by atoms with Crippen LogP contribution in [-0.2, 0) is 40.7 Å². The molecule has 99 heavy (non-hydrogen) atoms. The summed E-state index contributed by atoms with van der Waals surface area (Å²) in [6, 6.07) is 32.1. The van der Waals surface area contributed by atoms with E-state index in [0.717, 1.165) is 138 Å². The van der Waals surface area contributed by atoms with Crippen LogP contribution in [0.5, 0.6) is 0 Å². The fourth-order valence-corrected chi connectivity index (χ4v) is 18.7. The monoisotopic (exact) mass is 1440 g/mol. The lowest BCUT2D eigenvalue weighted by Crippen LogP contribution is -2.58. The number of alkyl halides is 3. The Balaban J connectivity index is 0.634. The maximum absolute atomic E-state index is 14.4. The van der Waals surface area contributed by atoms with Crippen LogP contribution in [0.3, 0.4) is 0 Å². The van der Waals surface area contributed by atoms with Gasteiger partial charge in [-0.3, -0.25) is 34.3 Å². The Bertz CT molecular complexity index is 3990. The molecule has 3 N–H and O–H groups in total. The number of nitrogens with one attached hydrogen (secondary N) is 3. The van der Waals surface area contributed by atoms with Crippen molar-refractivity contribution >= 4 is 89.5 Å². The van der Waals surface area contributed by atoms with E-state index in [2.05, 4.69) is 79.0 Å². The van der Waals surface area contributed by atoms with Gasteiger partial charge in [0.15, 0.2) is 0 Å². The summed E-state index contributed by atoms with van der Waals surface area (Å²) < 4.78 is 105. The molecule has 26 heteroatoms. The molecular formula is C73H90ClF3N10O9S3. The molecule has 5 fully saturated rings. The first-order valence-corrected chi connectivity index (χ1v) is 39.0. The lowest BCUT2D eigenvalue weighted by Gasteiger charge is -2.48. The number of thioether (sulfide) groups is 1. The molecule has 19 nitrogen and oxygen atoms in total. The topological polar surface area (TPSA) is 205 Å². The second-order valence-corrected chi connectivity index (χ2v) is 33.4. The average Bonchev–Trinajstić information content (AvgIpc) is 1.71. The Hall–Kier alpha value is -6.55. The number of benzene rings is 5. The highest BCUT2D eigenvalue weighted by molar-refractivity contribution is 7.99. The molecule has 4 amide bonds. The van der Waals surface area contributed by atoms with Crippen LogP contribution in [0.4, 0.5) is 30.2 Å². The lowest BCUT2D eigenvalue weighted by molar-refractivity contribution is -0.136. The molecular weight excluding hydrogens is 1350 g/mol. The third-order valence-electron chi connectivity index (χ3n) is 21.0. The van der Waals surface area contributed by atoms with Gasteiger partial charge in [-0.05, 0) is 191 Å². The minimum atomic E-state index is -6.10. The Morgan fingerprint density at radius 1 is 0.778 bits per heavy atom. The first kappa shape index (κ1) is 72.2. The van der Waals surface area contributed by atoms with Gasteiger partial charge < -0.3 is 34.6 Å². The van der Waals surface area contributed by atoms with Gasteiger partial charge in [-0.25, -0.2) is 21.6 Å². The van der Waals surface area contributed by atoms with Crippen molar-refractivity contribution in [3.8, 4) is 0 Å². The molecule has 0 radical (unpaired) electrons. The van der Waals surface area contributed by atoms with Crippen LogP contribution in [0.2, 0.25) is 5.02 Å². The van der Waals surface area contributed by atoms with Crippen molar-refractivity contribution in [2.75, 3.05) is 126 Å². The zero-order valence-corrected chi connectivity index (χ0v) is 59.7. The highest BCUT2D eigenvalue weighted by Crippen LogP contribution is 2.45. The largest absolute Gasteiger partial charge is 0.501 e.